The maximum Gasteiger partial charge on any atom is 0.227 e. The van der Waals surface area contributed by atoms with Gasteiger partial charge in [-0.3, -0.25) is 4.79 Å². The average Bonchev–Trinajstić information content (AvgIpc) is 3.19. The number of carbonyl (C=O) groups is 1. The second-order valence-electron chi connectivity index (χ2n) is 6.18. The Kier molecular flexibility index (Phi) is 6.24. The summed E-state index contributed by atoms with van der Waals surface area (Å²) in [7, 11) is 0. The van der Waals surface area contributed by atoms with E-state index in [1.54, 1.807) is 0 Å². The number of nitrogens with zero attached hydrogens (tertiary/aromatic N) is 1. The van der Waals surface area contributed by atoms with Crippen LogP contribution in [0.25, 0.3) is 0 Å². The molecule has 2 fully saturated rings. The lowest BCUT2D eigenvalue weighted by atomic mass is 9.99. The number of hydrogen-bond acceptors (Lipinski definition) is 3. The van der Waals surface area contributed by atoms with Gasteiger partial charge in [-0.2, -0.15) is 0 Å². The van der Waals surface area contributed by atoms with E-state index in [0.29, 0.717) is 6.42 Å². The highest BCUT2D eigenvalue weighted by atomic mass is 35.5. The summed E-state index contributed by atoms with van der Waals surface area (Å²) in [6, 6.07) is 9.93. The summed E-state index contributed by atoms with van der Waals surface area (Å²) in [6.07, 6.45) is 3.18. The number of nitrogens with one attached hydrogen (secondary N) is 1. The number of amides is 1. The van der Waals surface area contributed by atoms with Gasteiger partial charge in [0.05, 0.1) is 12.0 Å². The molecule has 0 spiro atoms. The summed E-state index contributed by atoms with van der Waals surface area (Å²) in [6.45, 7) is 2.60. The fourth-order valence-corrected chi connectivity index (χ4v) is 3.54. The average molecular weight is 325 g/mol. The van der Waals surface area contributed by atoms with Gasteiger partial charge in [0.25, 0.3) is 0 Å². The second-order valence-corrected chi connectivity index (χ2v) is 6.18. The summed E-state index contributed by atoms with van der Waals surface area (Å²) in [5, 5.41) is 13.7. The number of aliphatic hydroxyl groups is 1. The highest BCUT2D eigenvalue weighted by molar-refractivity contribution is 5.85. The van der Waals surface area contributed by atoms with Gasteiger partial charge in [-0.05, 0) is 37.8 Å². The van der Waals surface area contributed by atoms with Gasteiger partial charge in [0.2, 0.25) is 5.91 Å². The quantitative estimate of drug-likeness (QED) is 0.892. The number of rotatable bonds is 4. The van der Waals surface area contributed by atoms with Crippen molar-refractivity contribution in [2.45, 2.75) is 37.8 Å². The van der Waals surface area contributed by atoms with E-state index in [9.17, 15) is 9.90 Å². The van der Waals surface area contributed by atoms with Crippen molar-refractivity contribution < 1.29 is 9.90 Å². The summed E-state index contributed by atoms with van der Waals surface area (Å²) >= 11 is 0. The summed E-state index contributed by atoms with van der Waals surface area (Å²) in [5.41, 5.74) is 0.944. The van der Waals surface area contributed by atoms with Crippen molar-refractivity contribution in [3.63, 3.8) is 0 Å². The van der Waals surface area contributed by atoms with E-state index < -0.39 is 6.10 Å². The SMILES string of the molecule is Cl.O=C(C1CCNC1)N1CCCC1CC(O)c1ccccc1. The van der Waals surface area contributed by atoms with Gasteiger partial charge in [0.15, 0.2) is 0 Å². The van der Waals surface area contributed by atoms with Crippen molar-refractivity contribution in [2.75, 3.05) is 19.6 Å². The topological polar surface area (TPSA) is 52.6 Å². The van der Waals surface area contributed by atoms with E-state index in [-0.39, 0.29) is 30.3 Å². The molecule has 5 heteroatoms. The molecule has 4 nitrogen and oxygen atoms in total. The van der Waals surface area contributed by atoms with Crippen LogP contribution in [0.1, 0.15) is 37.4 Å². The summed E-state index contributed by atoms with van der Waals surface area (Å²) in [5.74, 6) is 0.419. The first-order chi connectivity index (χ1) is 10.3. The Morgan fingerprint density at radius 1 is 1.32 bits per heavy atom. The van der Waals surface area contributed by atoms with Crippen LogP contribution in [0.4, 0.5) is 0 Å². The lowest BCUT2D eigenvalue weighted by Crippen LogP contribution is -2.41. The van der Waals surface area contributed by atoms with Crippen molar-refractivity contribution in [1.29, 1.82) is 0 Å². The first-order valence-electron chi connectivity index (χ1n) is 8.00. The second kappa shape index (κ2) is 7.95. The third-order valence-electron chi connectivity index (χ3n) is 4.75. The molecular formula is C17H25ClN2O2. The molecule has 1 aromatic rings. The summed E-state index contributed by atoms with van der Waals surface area (Å²) < 4.78 is 0. The van der Waals surface area contributed by atoms with Crippen LogP contribution in [-0.2, 0) is 4.79 Å². The van der Waals surface area contributed by atoms with Crippen molar-refractivity contribution >= 4 is 18.3 Å². The highest BCUT2D eigenvalue weighted by Gasteiger charge is 2.35. The molecule has 0 bridgehead atoms. The van der Waals surface area contributed by atoms with Crippen LogP contribution >= 0.6 is 12.4 Å². The van der Waals surface area contributed by atoms with Gasteiger partial charge in [0, 0.05) is 19.1 Å². The van der Waals surface area contributed by atoms with Crippen LogP contribution in [0.5, 0.6) is 0 Å². The molecule has 0 radical (unpaired) electrons. The molecule has 0 aliphatic carbocycles. The molecule has 2 saturated heterocycles. The summed E-state index contributed by atoms with van der Waals surface area (Å²) in [4.78, 5) is 14.6. The largest absolute Gasteiger partial charge is 0.388 e. The standard InChI is InChI=1S/C17H24N2O2.ClH/c20-16(13-5-2-1-3-6-13)11-15-7-4-10-19(15)17(21)14-8-9-18-12-14;/h1-3,5-6,14-16,18,20H,4,7-12H2;1H. The molecule has 122 valence electrons. The van der Waals surface area contributed by atoms with Crippen molar-refractivity contribution in [3.8, 4) is 0 Å². The molecule has 2 heterocycles. The Morgan fingerprint density at radius 2 is 2.09 bits per heavy atom. The highest BCUT2D eigenvalue weighted by Crippen LogP contribution is 2.29. The Bertz CT molecular complexity index is 477. The molecule has 0 aromatic heterocycles. The van der Waals surface area contributed by atoms with Crippen LogP contribution in [-0.4, -0.2) is 41.6 Å². The zero-order chi connectivity index (χ0) is 14.7. The zero-order valence-corrected chi connectivity index (χ0v) is 13.6. The molecule has 3 atom stereocenters. The van der Waals surface area contributed by atoms with E-state index >= 15 is 0 Å². The van der Waals surface area contributed by atoms with Crippen LogP contribution < -0.4 is 5.32 Å². The van der Waals surface area contributed by atoms with E-state index in [4.69, 9.17) is 0 Å². The number of carbonyl (C=O) groups excluding carboxylic acids is 1. The predicted molar refractivity (Wildman–Crippen MR) is 89.0 cm³/mol. The normalized spacial score (nSPS) is 25.8. The zero-order valence-electron chi connectivity index (χ0n) is 12.8. The number of halogens is 1. The molecule has 3 unspecified atom stereocenters. The van der Waals surface area contributed by atoms with Crippen molar-refractivity contribution in [2.24, 2.45) is 5.92 Å². The van der Waals surface area contributed by atoms with Gasteiger partial charge in [-0.15, -0.1) is 12.4 Å². The first-order valence-corrected chi connectivity index (χ1v) is 8.00. The van der Waals surface area contributed by atoms with Gasteiger partial charge >= 0.3 is 0 Å². The van der Waals surface area contributed by atoms with E-state index in [1.165, 1.54) is 0 Å². The van der Waals surface area contributed by atoms with Gasteiger partial charge < -0.3 is 15.3 Å². The molecule has 2 aliphatic heterocycles. The Labute approximate surface area is 138 Å². The molecule has 0 saturated carbocycles. The Morgan fingerprint density at radius 3 is 2.77 bits per heavy atom. The third kappa shape index (κ3) is 3.80. The van der Waals surface area contributed by atoms with Crippen LogP contribution in [0.3, 0.4) is 0 Å². The smallest absolute Gasteiger partial charge is 0.227 e. The lowest BCUT2D eigenvalue weighted by Gasteiger charge is -2.28. The fourth-order valence-electron chi connectivity index (χ4n) is 3.54. The molecular weight excluding hydrogens is 300 g/mol. The molecule has 1 amide bonds. The fraction of sp³-hybridized carbons (Fsp3) is 0.588. The molecule has 1 aromatic carbocycles. The van der Waals surface area contributed by atoms with Gasteiger partial charge in [-0.1, -0.05) is 30.3 Å². The minimum atomic E-state index is -0.480. The minimum absolute atomic E-state index is 0. The van der Waals surface area contributed by atoms with Crippen LogP contribution in [0.2, 0.25) is 0 Å². The molecule has 22 heavy (non-hydrogen) atoms. The maximum atomic E-state index is 12.6. The number of likely N-dealkylation sites (tertiary alicyclic amines) is 1. The number of benzene rings is 1. The third-order valence-corrected chi connectivity index (χ3v) is 4.75. The monoisotopic (exact) mass is 324 g/mol. The molecule has 2 aliphatic rings. The van der Waals surface area contributed by atoms with Crippen molar-refractivity contribution in [1.82, 2.24) is 10.2 Å². The van der Waals surface area contributed by atoms with Crippen LogP contribution in [0.15, 0.2) is 30.3 Å². The van der Waals surface area contributed by atoms with Crippen molar-refractivity contribution in [3.05, 3.63) is 35.9 Å². The maximum absolute atomic E-state index is 12.6. The van der Waals surface area contributed by atoms with E-state index in [0.717, 1.165) is 44.5 Å². The number of aliphatic hydroxyl groups excluding tert-OH is 1. The van der Waals surface area contributed by atoms with Gasteiger partial charge in [-0.25, -0.2) is 0 Å². The Hall–Kier alpha value is -1.10. The predicted octanol–water partition coefficient (Wildman–Crippen LogP) is 2.13. The first kappa shape index (κ1) is 17.3. The van der Waals surface area contributed by atoms with Gasteiger partial charge in [0.1, 0.15) is 0 Å². The Balaban J connectivity index is 0.00000176. The van der Waals surface area contributed by atoms with Crippen LogP contribution in [0, 0.1) is 5.92 Å². The number of hydrogen-bond donors (Lipinski definition) is 2. The molecule has 3 rings (SSSR count). The van der Waals surface area contributed by atoms with E-state index in [2.05, 4.69) is 5.32 Å². The minimum Gasteiger partial charge on any atom is -0.388 e. The van der Waals surface area contributed by atoms with E-state index in [1.807, 2.05) is 35.2 Å². The molecule has 2 N–H and O–H groups in total. The lowest BCUT2D eigenvalue weighted by molar-refractivity contribution is -0.136.